The zero-order valence-corrected chi connectivity index (χ0v) is 17.9. The molecule has 0 bridgehead atoms. The van der Waals surface area contributed by atoms with E-state index in [4.69, 9.17) is 0 Å². The maximum Gasteiger partial charge on any atom is 0.382 e. The van der Waals surface area contributed by atoms with Crippen LogP contribution in [-0.4, -0.2) is 24.1 Å². The fourth-order valence-corrected chi connectivity index (χ4v) is 2.65. The van der Waals surface area contributed by atoms with Gasteiger partial charge in [0.2, 0.25) is 0 Å². The van der Waals surface area contributed by atoms with Crippen LogP contribution < -0.4 is 0 Å². The Morgan fingerprint density at radius 3 is 1.86 bits per heavy atom. The van der Waals surface area contributed by atoms with E-state index in [0.717, 1.165) is 25.1 Å². The summed E-state index contributed by atoms with van der Waals surface area (Å²) >= 11 is 1.86. The summed E-state index contributed by atoms with van der Waals surface area (Å²) in [5, 5.41) is 0. The van der Waals surface area contributed by atoms with Crippen molar-refractivity contribution in [2.45, 2.75) is 26.7 Å². The molecular weight excluding hydrogens is 507 g/mol. The van der Waals surface area contributed by atoms with Gasteiger partial charge in [-0.3, -0.25) is 9.59 Å². The number of esters is 1. The maximum absolute atomic E-state index is 13.7. The number of carbonyl (C=O) groups is 3. The van der Waals surface area contributed by atoms with Gasteiger partial charge in [-0.2, -0.15) is 8.78 Å². The predicted octanol–water partition coefficient (Wildman–Crippen LogP) is 5.32. The van der Waals surface area contributed by atoms with Crippen LogP contribution in [0.2, 0.25) is 0 Å². The first-order valence-corrected chi connectivity index (χ1v) is 9.32. The number of alkyl halides is 2. The van der Waals surface area contributed by atoms with E-state index in [2.05, 4.69) is 4.74 Å². The molecule has 2 aromatic rings. The van der Waals surface area contributed by atoms with Crippen LogP contribution in [-0.2, 0) is 15.5 Å². The molecule has 4 nitrogen and oxygen atoms in total. The molecule has 2 aromatic carbocycles. The van der Waals surface area contributed by atoms with Crippen molar-refractivity contribution in [1.82, 2.24) is 0 Å². The second kappa shape index (κ2) is 10.5. The van der Waals surface area contributed by atoms with Gasteiger partial charge in [0.05, 0.1) is 23.3 Å². The number of ketones is 2. The first kappa shape index (κ1) is 24.7. The molecule has 0 radical (unpaired) electrons. The zero-order chi connectivity index (χ0) is 22.4. The van der Waals surface area contributed by atoms with E-state index in [-0.39, 0.29) is 18.0 Å². The van der Waals surface area contributed by atoms with Crippen LogP contribution in [0.3, 0.4) is 0 Å². The SMILES string of the molecule is CC(=O)c1cccc(I)c1F.CCOC(=O)C(F)(F)c1cccc(C(C)=O)c1F. The lowest BCUT2D eigenvalue weighted by atomic mass is 10.0. The molecule has 29 heavy (non-hydrogen) atoms. The number of rotatable bonds is 5. The van der Waals surface area contributed by atoms with Gasteiger partial charge in [0.15, 0.2) is 11.6 Å². The Labute approximate surface area is 178 Å². The standard InChI is InChI=1S/C12H11F3O3.C8H6FIO/c1-3-18-11(17)12(14,15)9-6-4-5-8(7(2)16)10(9)13;1-5(11)6-3-2-4-7(10)8(6)9/h4-6H,3H2,1-2H3;2-4H,1H3. The van der Waals surface area contributed by atoms with Gasteiger partial charge >= 0.3 is 11.9 Å². The molecule has 0 aromatic heterocycles. The minimum atomic E-state index is -4.12. The van der Waals surface area contributed by atoms with Gasteiger partial charge < -0.3 is 4.74 Å². The number of hydrogen-bond acceptors (Lipinski definition) is 4. The molecule has 0 N–H and O–H groups in total. The summed E-state index contributed by atoms with van der Waals surface area (Å²) in [6.07, 6.45) is 0. The summed E-state index contributed by atoms with van der Waals surface area (Å²) in [5.74, 6) is -8.71. The lowest BCUT2D eigenvalue weighted by Crippen LogP contribution is -2.29. The molecule has 0 aliphatic carbocycles. The molecule has 9 heteroatoms. The van der Waals surface area contributed by atoms with Crippen LogP contribution in [0.4, 0.5) is 17.6 Å². The molecule has 0 saturated heterocycles. The van der Waals surface area contributed by atoms with Gasteiger partial charge in [-0.25, -0.2) is 13.6 Å². The van der Waals surface area contributed by atoms with Crippen molar-refractivity contribution in [3.05, 3.63) is 68.3 Å². The maximum atomic E-state index is 13.7. The average Bonchev–Trinajstić information content (AvgIpc) is 2.64. The van der Waals surface area contributed by atoms with Gasteiger partial charge in [-0.1, -0.05) is 12.1 Å². The van der Waals surface area contributed by atoms with Crippen molar-refractivity contribution < 1.29 is 36.7 Å². The van der Waals surface area contributed by atoms with E-state index >= 15 is 0 Å². The smallest absolute Gasteiger partial charge is 0.382 e. The minimum absolute atomic E-state index is 0.164. The third-order valence-electron chi connectivity index (χ3n) is 3.58. The van der Waals surface area contributed by atoms with Gasteiger partial charge in [0.25, 0.3) is 0 Å². The average molecular weight is 524 g/mol. The number of halogens is 5. The van der Waals surface area contributed by atoms with Gasteiger partial charge in [0, 0.05) is 3.57 Å². The Hall–Kier alpha value is -2.30. The molecule has 0 aliphatic rings. The van der Waals surface area contributed by atoms with Gasteiger partial charge in [-0.05, 0) is 67.6 Å². The van der Waals surface area contributed by atoms with Crippen molar-refractivity contribution >= 4 is 40.1 Å². The Morgan fingerprint density at radius 1 is 0.931 bits per heavy atom. The number of ether oxygens (including phenoxy) is 1. The van der Waals surface area contributed by atoms with Crippen molar-refractivity contribution in [2.24, 2.45) is 0 Å². The first-order chi connectivity index (χ1) is 13.4. The molecule has 0 heterocycles. The summed E-state index contributed by atoms with van der Waals surface area (Å²) in [6, 6.07) is 7.69. The number of benzene rings is 2. The molecule has 0 saturated carbocycles. The van der Waals surface area contributed by atoms with Crippen molar-refractivity contribution in [2.75, 3.05) is 6.61 Å². The fraction of sp³-hybridized carbons (Fsp3) is 0.250. The Kier molecular flexibility index (Phi) is 8.93. The highest BCUT2D eigenvalue weighted by atomic mass is 127. The molecule has 0 spiro atoms. The minimum Gasteiger partial charge on any atom is -0.461 e. The monoisotopic (exact) mass is 524 g/mol. The number of Topliss-reactive ketones (excluding diaryl/α,β-unsaturated/α-hetero) is 2. The highest BCUT2D eigenvalue weighted by Gasteiger charge is 2.45. The predicted molar refractivity (Wildman–Crippen MR) is 106 cm³/mol. The molecule has 0 fully saturated rings. The third kappa shape index (κ3) is 6.09. The summed E-state index contributed by atoms with van der Waals surface area (Å²) in [4.78, 5) is 32.9. The van der Waals surface area contributed by atoms with Crippen molar-refractivity contribution in [1.29, 1.82) is 0 Å². The normalized spacial score (nSPS) is 10.6. The van der Waals surface area contributed by atoms with Crippen molar-refractivity contribution in [3.63, 3.8) is 0 Å². The van der Waals surface area contributed by atoms with E-state index < -0.39 is 40.4 Å². The topological polar surface area (TPSA) is 60.4 Å². The molecule has 156 valence electrons. The van der Waals surface area contributed by atoms with E-state index in [1.165, 1.54) is 19.9 Å². The van der Waals surface area contributed by atoms with E-state index in [1.54, 1.807) is 12.1 Å². The molecule has 2 rings (SSSR count). The Morgan fingerprint density at radius 2 is 1.41 bits per heavy atom. The summed E-state index contributed by atoms with van der Waals surface area (Å²) in [6.45, 7) is 3.51. The van der Waals surface area contributed by atoms with Crippen LogP contribution in [0.25, 0.3) is 0 Å². The molecule has 0 aliphatic heterocycles. The van der Waals surface area contributed by atoms with Crippen LogP contribution in [0.1, 0.15) is 47.1 Å². The van der Waals surface area contributed by atoms with E-state index in [9.17, 15) is 31.9 Å². The van der Waals surface area contributed by atoms with Gasteiger partial charge in [-0.15, -0.1) is 0 Å². The summed E-state index contributed by atoms with van der Waals surface area (Å²) in [5.41, 5.74) is -1.48. The second-order valence-corrected chi connectivity index (χ2v) is 6.84. The molecular formula is C20H17F4IO4. The fourth-order valence-electron chi connectivity index (χ4n) is 2.15. The second-order valence-electron chi connectivity index (χ2n) is 5.68. The summed E-state index contributed by atoms with van der Waals surface area (Å²) < 4.78 is 58.6. The largest absolute Gasteiger partial charge is 0.461 e. The lowest BCUT2D eigenvalue weighted by molar-refractivity contribution is -0.173. The van der Waals surface area contributed by atoms with E-state index in [1.807, 2.05) is 22.6 Å². The highest BCUT2D eigenvalue weighted by molar-refractivity contribution is 14.1. The molecule has 0 amide bonds. The van der Waals surface area contributed by atoms with Crippen LogP contribution in [0, 0.1) is 15.2 Å². The molecule has 0 atom stereocenters. The van der Waals surface area contributed by atoms with Gasteiger partial charge in [0.1, 0.15) is 11.6 Å². The zero-order valence-electron chi connectivity index (χ0n) is 15.7. The Bertz CT molecular complexity index is 929. The number of hydrogen-bond donors (Lipinski definition) is 0. The van der Waals surface area contributed by atoms with Crippen LogP contribution in [0.5, 0.6) is 0 Å². The van der Waals surface area contributed by atoms with Crippen molar-refractivity contribution in [3.8, 4) is 0 Å². The van der Waals surface area contributed by atoms with Crippen LogP contribution >= 0.6 is 22.6 Å². The van der Waals surface area contributed by atoms with E-state index in [0.29, 0.717) is 3.57 Å². The summed E-state index contributed by atoms with van der Waals surface area (Å²) in [7, 11) is 0. The third-order valence-corrected chi connectivity index (χ3v) is 4.41. The lowest BCUT2D eigenvalue weighted by Gasteiger charge is -2.16. The number of carbonyl (C=O) groups excluding carboxylic acids is 3. The quantitative estimate of drug-likeness (QED) is 0.230. The highest BCUT2D eigenvalue weighted by Crippen LogP contribution is 2.32. The van der Waals surface area contributed by atoms with Crippen LogP contribution in [0.15, 0.2) is 36.4 Å². The Balaban J connectivity index is 0.000000326. The molecule has 0 unspecified atom stereocenters. The first-order valence-electron chi connectivity index (χ1n) is 8.25.